The molecule has 25 heavy (non-hydrogen) atoms. The summed E-state index contributed by atoms with van der Waals surface area (Å²) in [6, 6.07) is 4.33. The Morgan fingerprint density at radius 3 is 2.40 bits per heavy atom. The van der Waals surface area contributed by atoms with Gasteiger partial charge in [-0.2, -0.15) is 0 Å². The van der Waals surface area contributed by atoms with Crippen LogP contribution in [0.25, 0.3) is 0 Å². The van der Waals surface area contributed by atoms with Crippen molar-refractivity contribution in [2.75, 3.05) is 13.1 Å². The van der Waals surface area contributed by atoms with Crippen molar-refractivity contribution in [2.24, 2.45) is 5.41 Å². The van der Waals surface area contributed by atoms with E-state index in [9.17, 15) is 27.9 Å². The summed E-state index contributed by atoms with van der Waals surface area (Å²) < 4.78 is 40.2. The largest absolute Gasteiger partial charge is 0.573 e. The average Bonchev–Trinajstić information content (AvgIpc) is 2.90. The van der Waals surface area contributed by atoms with Crippen LogP contribution >= 0.6 is 0 Å². The highest BCUT2D eigenvalue weighted by atomic mass is 19.4. The summed E-state index contributed by atoms with van der Waals surface area (Å²) >= 11 is 0. The van der Waals surface area contributed by atoms with Gasteiger partial charge in [-0.25, -0.2) is 4.79 Å². The minimum absolute atomic E-state index is 0.110. The van der Waals surface area contributed by atoms with Crippen molar-refractivity contribution in [1.29, 1.82) is 0 Å². The van der Waals surface area contributed by atoms with Gasteiger partial charge in [0, 0.05) is 13.1 Å². The Labute approximate surface area is 142 Å². The minimum Gasteiger partial charge on any atom is -0.481 e. The molecule has 1 aliphatic rings. The predicted molar refractivity (Wildman–Crippen MR) is 82.0 cm³/mol. The molecule has 0 saturated carbocycles. The monoisotopic (exact) mass is 360 g/mol. The van der Waals surface area contributed by atoms with Gasteiger partial charge in [0.05, 0.1) is 11.5 Å². The predicted octanol–water partition coefficient (Wildman–Crippen LogP) is 3.15. The number of ether oxygens (including phenoxy) is 1. The van der Waals surface area contributed by atoms with Crippen LogP contribution in [-0.4, -0.2) is 41.5 Å². The van der Waals surface area contributed by atoms with Crippen LogP contribution in [0.15, 0.2) is 24.3 Å². The second kappa shape index (κ2) is 6.81. The maximum absolute atomic E-state index is 12.2. The molecule has 1 aliphatic heterocycles. The Balaban J connectivity index is 1.94. The lowest BCUT2D eigenvalue weighted by Gasteiger charge is -2.23. The molecule has 0 spiro atoms. The van der Waals surface area contributed by atoms with Crippen LogP contribution in [-0.2, 0) is 4.79 Å². The molecular formula is C16H19F3N2O4. The van der Waals surface area contributed by atoms with Crippen molar-refractivity contribution < 1.29 is 32.6 Å². The average molecular weight is 360 g/mol. The summed E-state index contributed by atoms with van der Waals surface area (Å²) in [4.78, 5) is 24.9. The van der Waals surface area contributed by atoms with Crippen molar-refractivity contribution in [3.63, 3.8) is 0 Å². The van der Waals surface area contributed by atoms with Gasteiger partial charge < -0.3 is 20.1 Å². The Bertz CT molecular complexity index is 648. The highest BCUT2D eigenvalue weighted by Crippen LogP contribution is 2.30. The zero-order chi connectivity index (χ0) is 18.8. The van der Waals surface area contributed by atoms with E-state index in [1.54, 1.807) is 13.8 Å². The van der Waals surface area contributed by atoms with Gasteiger partial charge >= 0.3 is 18.4 Å². The van der Waals surface area contributed by atoms with Crippen LogP contribution in [0, 0.1) is 5.41 Å². The number of hydrogen-bond acceptors (Lipinski definition) is 3. The fourth-order valence-electron chi connectivity index (χ4n) is 2.63. The topological polar surface area (TPSA) is 78.9 Å². The van der Waals surface area contributed by atoms with Crippen LogP contribution < -0.4 is 10.1 Å². The highest BCUT2D eigenvalue weighted by molar-refractivity contribution is 5.79. The summed E-state index contributed by atoms with van der Waals surface area (Å²) in [7, 11) is 0. The molecule has 2 atom stereocenters. The normalized spacial score (nSPS) is 21.7. The van der Waals surface area contributed by atoms with Crippen LogP contribution in [0.2, 0.25) is 0 Å². The molecule has 0 radical (unpaired) electrons. The number of nitrogens with zero attached hydrogens (tertiary/aromatic N) is 1. The van der Waals surface area contributed by atoms with Crippen LogP contribution in [0.4, 0.5) is 18.0 Å². The van der Waals surface area contributed by atoms with Crippen molar-refractivity contribution in [3.05, 3.63) is 29.8 Å². The molecule has 1 aromatic rings. The zero-order valence-electron chi connectivity index (χ0n) is 13.8. The Hall–Kier alpha value is -2.45. The molecule has 2 rings (SSSR count). The smallest absolute Gasteiger partial charge is 0.481 e. The van der Waals surface area contributed by atoms with Gasteiger partial charge in [0.1, 0.15) is 5.75 Å². The lowest BCUT2D eigenvalue weighted by atomic mass is 9.90. The molecule has 1 fully saturated rings. The number of carboxylic acid groups (broad SMARTS) is 1. The van der Waals surface area contributed by atoms with Gasteiger partial charge in [0.2, 0.25) is 0 Å². The quantitative estimate of drug-likeness (QED) is 0.865. The van der Waals surface area contributed by atoms with Gasteiger partial charge in [0.15, 0.2) is 0 Å². The molecule has 2 amide bonds. The van der Waals surface area contributed by atoms with E-state index in [0.717, 1.165) is 0 Å². The van der Waals surface area contributed by atoms with Crippen LogP contribution in [0.3, 0.4) is 0 Å². The van der Waals surface area contributed by atoms with Crippen molar-refractivity contribution in [3.8, 4) is 5.75 Å². The second-order valence-electron chi connectivity index (χ2n) is 6.33. The third kappa shape index (κ3) is 4.77. The van der Waals surface area contributed by atoms with E-state index in [4.69, 9.17) is 0 Å². The maximum Gasteiger partial charge on any atom is 0.573 e. The van der Waals surface area contributed by atoms with Crippen molar-refractivity contribution in [2.45, 2.75) is 32.7 Å². The fraction of sp³-hybridized carbons (Fsp3) is 0.500. The standard InChI is InChI=1S/C16H19F3N2O4/c1-10(11-3-5-12(6-4-11)25-16(17,18)19)20-14(24)21-8-7-15(2,9-21)13(22)23/h3-6,10H,7-9H2,1-2H3,(H,20,24)(H,22,23)/t10-,15?/m0/s1. The number of carboxylic acids is 1. The van der Waals surface area contributed by atoms with Gasteiger partial charge in [-0.05, 0) is 38.0 Å². The number of carbonyl (C=O) groups excluding carboxylic acids is 1. The number of hydrogen-bond donors (Lipinski definition) is 2. The number of urea groups is 1. The zero-order valence-corrected chi connectivity index (χ0v) is 13.8. The van der Waals surface area contributed by atoms with E-state index in [2.05, 4.69) is 10.1 Å². The molecule has 138 valence electrons. The first-order valence-corrected chi connectivity index (χ1v) is 7.65. The number of halogens is 3. The van der Waals surface area contributed by atoms with Gasteiger partial charge in [-0.15, -0.1) is 13.2 Å². The summed E-state index contributed by atoms with van der Waals surface area (Å²) in [5, 5.41) is 11.9. The molecule has 0 aromatic heterocycles. The van der Waals surface area contributed by atoms with Crippen LogP contribution in [0.5, 0.6) is 5.75 Å². The van der Waals surface area contributed by atoms with Crippen molar-refractivity contribution >= 4 is 12.0 Å². The lowest BCUT2D eigenvalue weighted by molar-refractivity contribution is -0.274. The minimum atomic E-state index is -4.76. The number of alkyl halides is 3. The SMILES string of the molecule is C[C@H](NC(=O)N1CCC(C)(C(=O)O)C1)c1ccc(OC(F)(F)F)cc1. The summed E-state index contributed by atoms with van der Waals surface area (Å²) in [6.45, 7) is 3.72. The van der Waals surface area contributed by atoms with Gasteiger partial charge in [-0.1, -0.05) is 12.1 Å². The van der Waals surface area contributed by atoms with Gasteiger partial charge in [0.25, 0.3) is 0 Å². The Morgan fingerprint density at radius 1 is 1.32 bits per heavy atom. The van der Waals surface area contributed by atoms with E-state index in [0.29, 0.717) is 18.5 Å². The summed E-state index contributed by atoms with van der Waals surface area (Å²) in [5.41, 5.74) is -0.361. The van der Waals surface area contributed by atoms with E-state index >= 15 is 0 Å². The maximum atomic E-state index is 12.2. The number of likely N-dealkylation sites (tertiary alicyclic amines) is 1. The third-order valence-corrected chi connectivity index (χ3v) is 4.23. The molecule has 9 heteroatoms. The van der Waals surface area contributed by atoms with Crippen molar-refractivity contribution in [1.82, 2.24) is 10.2 Å². The van der Waals surface area contributed by atoms with E-state index in [1.165, 1.54) is 29.2 Å². The fourth-order valence-corrected chi connectivity index (χ4v) is 2.63. The number of rotatable bonds is 4. The molecule has 1 unspecified atom stereocenters. The number of nitrogens with one attached hydrogen (secondary N) is 1. The second-order valence-corrected chi connectivity index (χ2v) is 6.33. The number of benzene rings is 1. The van der Waals surface area contributed by atoms with Crippen LogP contribution in [0.1, 0.15) is 31.9 Å². The highest BCUT2D eigenvalue weighted by Gasteiger charge is 2.42. The Morgan fingerprint density at radius 2 is 1.92 bits per heavy atom. The first-order valence-electron chi connectivity index (χ1n) is 7.65. The first kappa shape index (κ1) is 18.9. The molecular weight excluding hydrogens is 341 g/mol. The van der Waals surface area contributed by atoms with E-state index < -0.39 is 29.8 Å². The summed E-state index contributed by atoms with van der Waals surface area (Å²) in [5.74, 6) is -1.29. The molecule has 1 aromatic carbocycles. The number of carbonyl (C=O) groups is 2. The molecule has 1 saturated heterocycles. The molecule has 0 bridgehead atoms. The lowest BCUT2D eigenvalue weighted by Crippen LogP contribution is -2.41. The van der Waals surface area contributed by atoms with Gasteiger partial charge in [-0.3, -0.25) is 4.79 Å². The molecule has 1 heterocycles. The third-order valence-electron chi connectivity index (χ3n) is 4.23. The molecule has 0 aliphatic carbocycles. The van der Waals surface area contributed by atoms with E-state index in [-0.39, 0.29) is 12.3 Å². The molecule has 6 nitrogen and oxygen atoms in total. The number of amides is 2. The van der Waals surface area contributed by atoms with E-state index in [1.807, 2.05) is 0 Å². The molecule has 2 N–H and O–H groups in total. The summed E-state index contributed by atoms with van der Waals surface area (Å²) in [6.07, 6.45) is -4.39. The first-order chi connectivity index (χ1) is 11.5. The number of aliphatic carboxylic acids is 1. The Kier molecular flexibility index (Phi) is 5.15.